The van der Waals surface area contributed by atoms with Crippen molar-refractivity contribution in [3.05, 3.63) is 35.1 Å². The molecule has 2 heterocycles. The fourth-order valence-corrected chi connectivity index (χ4v) is 3.33. The van der Waals surface area contributed by atoms with Gasteiger partial charge in [-0.15, -0.1) is 0 Å². The molecule has 0 saturated carbocycles. The van der Waals surface area contributed by atoms with E-state index in [0.29, 0.717) is 36.4 Å². The van der Waals surface area contributed by atoms with E-state index in [1.54, 1.807) is 17.0 Å². The van der Waals surface area contributed by atoms with Gasteiger partial charge in [0.05, 0.1) is 12.6 Å². The summed E-state index contributed by atoms with van der Waals surface area (Å²) in [4.78, 5) is 20.4. The summed E-state index contributed by atoms with van der Waals surface area (Å²) >= 11 is 6.03. The van der Waals surface area contributed by atoms with Crippen LogP contribution in [-0.2, 0) is 4.74 Å². The summed E-state index contributed by atoms with van der Waals surface area (Å²) in [5.41, 5.74) is 0.804. The van der Waals surface area contributed by atoms with Crippen molar-refractivity contribution in [3.63, 3.8) is 0 Å². The van der Waals surface area contributed by atoms with E-state index >= 15 is 0 Å². The Morgan fingerprint density at radius 1 is 1.31 bits per heavy atom. The Balaban J connectivity index is 1.68. The number of aromatic nitrogens is 2. The summed E-state index contributed by atoms with van der Waals surface area (Å²) in [5, 5.41) is 4.81. The van der Waals surface area contributed by atoms with Crippen LogP contribution in [0.25, 0.3) is 11.5 Å². The molecule has 8 heteroatoms. The van der Waals surface area contributed by atoms with Gasteiger partial charge in [0.1, 0.15) is 0 Å². The van der Waals surface area contributed by atoms with Gasteiger partial charge in [-0.25, -0.2) is 4.79 Å². The molecule has 0 N–H and O–H groups in total. The SMILES string of the molecule is CCOC(=O)N1CCN([C@H](CC)c2noc(-c3cccc(Cl)c3)n2)CC1. The lowest BCUT2D eigenvalue weighted by atomic mass is 10.1. The minimum absolute atomic E-state index is 0.0519. The van der Waals surface area contributed by atoms with E-state index < -0.39 is 0 Å². The van der Waals surface area contributed by atoms with Crippen molar-refractivity contribution in [1.82, 2.24) is 19.9 Å². The highest BCUT2D eigenvalue weighted by atomic mass is 35.5. The van der Waals surface area contributed by atoms with Crippen molar-refractivity contribution in [1.29, 1.82) is 0 Å². The van der Waals surface area contributed by atoms with Crippen LogP contribution >= 0.6 is 11.6 Å². The molecule has 1 aliphatic rings. The largest absolute Gasteiger partial charge is 0.450 e. The van der Waals surface area contributed by atoms with Gasteiger partial charge in [-0.2, -0.15) is 4.98 Å². The Morgan fingerprint density at radius 2 is 2.08 bits per heavy atom. The van der Waals surface area contributed by atoms with Gasteiger partial charge in [0.25, 0.3) is 5.89 Å². The predicted octanol–water partition coefficient (Wildman–Crippen LogP) is 3.62. The fourth-order valence-electron chi connectivity index (χ4n) is 3.14. The van der Waals surface area contributed by atoms with Crippen molar-refractivity contribution in [3.8, 4) is 11.5 Å². The second-order valence-electron chi connectivity index (χ2n) is 6.11. The van der Waals surface area contributed by atoms with Crippen molar-refractivity contribution >= 4 is 17.7 Å². The molecule has 0 spiro atoms. The molecule has 1 amide bonds. The van der Waals surface area contributed by atoms with E-state index in [0.717, 1.165) is 25.1 Å². The van der Waals surface area contributed by atoms with Crippen LogP contribution < -0.4 is 0 Å². The maximum atomic E-state index is 11.8. The van der Waals surface area contributed by atoms with Crippen LogP contribution in [0, 0.1) is 0 Å². The normalized spacial score (nSPS) is 16.5. The Kier molecular flexibility index (Phi) is 6.11. The van der Waals surface area contributed by atoms with Crippen LogP contribution in [-0.4, -0.2) is 58.8 Å². The first kappa shape index (κ1) is 18.7. The minimum Gasteiger partial charge on any atom is -0.450 e. The predicted molar refractivity (Wildman–Crippen MR) is 97.9 cm³/mol. The average molecular weight is 379 g/mol. The highest BCUT2D eigenvalue weighted by Crippen LogP contribution is 2.27. The lowest BCUT2D eigenvalue weighted by Crippen LogP contribution is -2.49. The molecule has 0 unspecified atom stereocenters. The number of hydrogen-bond acceptors (Lipinski definition) is 6. The molecule has 0 radical (unpaired) electrons. The van der Waals surface area contributed by atoms with Crippen LogP contribution in [0.2, 0.25) is 5.02 Å². The third kappa shape index (κ3) is 4.16. The molecule has 1 aromatic heterocycles. The number of nitrogens with zero attached hydrogens (tertiary/aromatic N) is 4. The van der Waals surface area contributed by atoms with E-state index in [2.05, 4.69) is 22.0 Å². The number of carbonyl (C=O) groups excluding carboxylic acids is 1. The molecule has 0 bridgehead atoms. The van der Waals surface area contributed by atoms with Crippen LogP contribution in [0.4, 0.5) is 4.79 Å². The highest BCUT2D eigenvalue weighted by molar-refractivity contribution is 6.30. The number of halogens is 1. The topological polar surface area (TPSA) is 71.7 Å². The van der Waals surface area contributed by atoms with Gasteiger partial charge in [-0.05, 0) is 31.5 Å². The van der Waals surface area contributed by atoms with Gasteiger partial charge < -0.3 is 14.2 Å². The van der Waals surface area contributed by atoms with E-state index in [4.69, 9.17) is 20.9 Å². The standard InChI is InChI=1S/C18H23ClN4O3/c1-3-15(22-8-10-23(11-9-22)18(24)25-4-2)16-20-17(26-21-16)13-6-5-7-14(19)12-13/h5-7,12,15H,3-4,8-11H2,1-2H3/t15-/m1/s1. The molecule has 26 heavy (non-hydrogen) atoms. The molecule has 0 aliphatic carbocycles. The van der Waals surface area contributed by atoms with Gasteiger partial charge in [0, 0.05) is 36.8 Å². The first-order chi connectivity index (χ1) is 12.6. The summed E-state index contributed by atoms with van der Waals surface area (Å²) < 4.78 is 10.5. The number of ether oxygens (including phenoxy) is 1. The third-order valence-electron chi connectivity index (χ3n) is 4.48. The first-order valence-electron chi connectivity index (χ1n) is 8.87. The number of rotatable bonds is 5. The summed E-state index contributed by atoms with van der Waals surface area (Å²) in [6.07, 6.45) is 0.608. The minimum atomic E-state index is -0.247. The molecule has 140 valence electrons. The average Bonchev–Trinajstić information content (AvgIpc) is 3.13. The molecule has 2 aromatic rings. The number of benzene rings is 1. The number of carbonyl (C=O) groups is 1. The second kappa shape index (κ2) is 8.51. The van der Waals surface area contributed by atoms with Crippen molar-refractivity contribution in [2.24, 2.45) is 0 Å². The van der Waals surface area contributed by atoms with Gasteiger partial charge >= 0.3 is 6.09 Å². The quantitative estimate of drug-likeness (QED) is 0.791. The summed E-state index contributed by atoms with van der Waals surface area (Å²) in [5.74, 6) is 1.12. The molecule has 3 rings (SSSR count). The molecule has 1 aromatic carbocycles. The Labute approximate surface area is 157 Å². The van der Waals surface area contributed by atoms with E-state index in [9.17, 15) is 4.79 Å². The smallest absolute Gasteiger partial charge is 0.409 e. The van der Waals surface area contributed by atoms with Crippen LogP contribution in [0.15, 0.2) is 28.8 Å². The number of hydrogen-bond donors (Lipinski definition) is 0. The lowest BCUT2D eigenvalue weighted by molar-refractivity contribution is 0.0629. The van der Waals surface area contributed by atoms with Crippen molar-refractivity contribution < 1.29 is 14.1 Å². The van der Waals surface area contributed by atoms with Gasteiger partial charge in [0.2, 0.25) is 0 Å². The zero-order valence-corrected chi connectivity index (χ0v) is 15.8. The van der Waals surface area contributed by atoms with Crippen LogP contribution in [0.3, 0.4) is 0 Å². The zero-order chi connectivity index (χ0) is 18.5. The van der Waals surface area contributed by atoms with E-state index in [1.807, 2.05) is 19.1 Å². The molecule has 1 aliphatic heterocycles. The zero-order valence-electron chi connectivity index (χ0n) is 15.0. The molecule has 7 nitrogen and oxygen atoms in total. The molecule has 1 atom stereocenters. The van der Waals surface area contributed by atoms with Crippen molar-refractivity contribution in [2.75, 3.05) is 32.8 Å². The van der Waals surface area contributed by atoms with E-state index in [1.165, 1.54) is 0 Å². The maximum Gasteiger partial charge on any atom is 0.409 e. The number of piperazine rings is 1. The lowest BCUT2D eigenvalue weighted by Gasteiger charge is -2.37. The molecular weight excluding hydrogens is 356 g/mol. The first-order valence-corrected chi connectivity index (χ1v) is 9.25. The highest BCUT2D eigenvalue weighted by Gasteiger charge is 2.29. The third-order valence-corrected chi connectivity index (χ3v) is 4.71. The van der Waals surface area contributed by atoms with Gasteiger partial charge in [0.15, 0.2) is 5.82 Å². The summed E-state index contributed by atoms with van der Waals surface area (Å²) in [6.45, 7) is 7.07. The molecule has 1 saturated heterocycles. The summed E-state index contributed by atoms with van der Waals surface area (Å²) in [6, 6.07) is 7.41. The monoisotopic (exact) mass is 378 g/mol. The second-order valence-corrected chi connectivity index (χ2v) is 6.55. The van der Waals surface area contributed by atoms with Gasteiger partial charge in [-0.1, -0.05) is 29.7 Å². The van der Waals surface area contributed by atoms with E-state index in [-0.39, 0.29) is 12.1 Å². The van der Waals surface area contributed by atoms with Crippen molar-refractivity contribution in [2.45, 2.75) is 26.3 Å². The van der Waals surface area contributed by atoms with Gasteiger partial charge in [-0.3, -0.25) is 4.90 Å². The Bertz CT molecular complexity index is 744. The van der Waals surface area contributed by atoms with Crippen LogP contribution in [0.1, 0.15) is 32.1 Å². The number of amides is 1. The maximum absolute atomic E-state index is 11.8. The molecular formula is C18H23ClN4O3. The Hall–Kier alpha value is -2.12. The van der Waals surface area contributed by atoms with Crippen LogP contribution in [0.5, 0.6) is 0 Å². The Morgan fingerprint density at radius 3 is 2.73 bits per heavy atom. The fraction of sp³-hybridized carbons (Fsp3) is 0.500. The molecule has 1 fully saturated rings. The summed E-state index contributed by atoms with van der Waals surface area (Å²) in [7, 11) is 0.